The lowest BCUT2D eigenvalue weighted by Crippen LogP contribution is -2.25. The number of hydrogen-bond acceptors (Lipinski definition) is 1. The van der Waals surface area contributed by atoms with Crippen LogP contribution in [0, 0.1) is 40.7 Å². The van der Waals surface area contributed by atoms with Gasteiger partial charge in [-0.1, -0.05) is 56.2 Å². The second-order valence-electron chi connectivity index (χ2n) is 10.7. The molecule has 0 aliphatic heterocycles. The fourth-order valence-corrected chi connectivity index (χ4v) is 5.11. The lowest BCUT2D eigenvalue weighted by molar-refractivity contribution is -0.189. The van der Waals surface area contributed by atoms with Gasteiger partial charge in [0.05, 0.1) is 5.56 Å². The second kappa shape index (κ2) is 13.3. The van der Waals surface area contributed by atoms with Crippen LogP contribution in [0.5, 0.6) is 5.75 Å². The van der Waals surface area contributed by atoms with E-state index in [1.807, 2.05) is 24.3 Å². The molecule has 5 aromatic carbocycles. The van der Waals surface area contributed by atoms with Gasteiger partial charge in [0.25, 0.3) is 0 Å². The van der Waals surface area contributed by atoms with Crippen molar-refractivity contribution < 1.29 is 44.3 Å². The highest BCUT2D eigenvalue weighted by Gasteiger charge is 2.41. The molecule has 0 saturated heterocycles. The van der Waals surface area contributed by atoms with Crippen molar-refractivity contribution in [1.82, 2.24) is 0 Å². The van der Waals surface area contributed by atoms with E-state index in [1.165, 1.54) is 12.1 Å². The van der Waals surface area contributed by atoms with Crippen LogP contribution < -0.4 is 4.74 Å². The summed E-state index contributed by atoms with van der Waals surface area (Å²) in [6.07, 6.45) is -0.507. The van der Waals surface area contributed by atoms with Crippen molar-refractivity contribution in [2.24, 2.45) is 0 Å². The highest BCUT2D eigenvalue weighted by atomic mass is 19.3. The molecule has 0 N–H and O–H groups in total. The number of aryl methyl sites for hydroxylation is 1. The molecule has 5 rings (SSSR count). The molecule has 0 amide bonds. The Kier molecular flexibility index (Phi) is 9.46. The van der Waals surface area contributed by atoms with Gasteiger partial charge in [-0.25, -0.2) is 30.7 Å². The summed E-state index contributed by atoms with van der Waals surface area (Å²) in [6, 6.07) is 15.2. The summed E-state index contributed by atoms with van der Waals surface area (Å²) in [4.78, 5) is 0. The molecule has 238 valence electrons. The molecular formula is C36H25F9O. The lowest BCUT2D eigenvalue weighted by Gasteiger charge is -2.20. The van der Waals surface area contributed by atoms with Crippen LogP contribution in [-0.2, 0) is 12.5 Å². The number of benzene rings is 5. The third-order valence-electron chi connectivity index (χ3n) is 7.44. The Morgan fingerprint density at radius 3 is 1.70 bits per heavy atom. The van der Waals surface area contributed by atoms with Gasteiger partial charge in [-0.3, -0.25) is 0 Å². The molecule has 10 heteroatoms. The molecule has 0 spiro atoms. The van der Waals surface area contributed by atoms with Crippen LogP contribution >= 0.6 is 0 Å². The van der Waals surface area contributed by atoms with Crippen LogP contribution in [-0.4, -0.2) is 0 Å². The predicted molar refractivity (Wildman–Crippen MR) is 157 cm³/mol. The zero-order valence-corrected chi connectivity index (χ0v) is 24.2. The molecule has 0 heterocycles. The largest absolute Gasteiger partial charge is 0.432 e. The number of hydrogen-bond donors (Lipinski definition) is 0. The first-order valence-electron chi connectivity index (χ1n) is 14.3. The van der Waals surface area contributed by atoms with Crippen LogP contribution in [0.15, 0.2) is 84.9 Å². The summed E-state index contributed by atoms with van der Waals surface area (Å²) >= 11 is 0. The smallest absolute Gasteiger partial charge is 0.429 e. The van der Waals surface area contributed by atoms with Gasteiger partial charge >= 0.3 is 6.11 Å². The Hall–Kier alpha value is -4.73. The molecule has 0 saturated carbocycles. The van der Waals surface area contributed by atoms with Gasteiger partial charge in [0.2, 0.25) is 0 Å². The zero-order valence-electron chi connectivity index (χ0n) is 24.2. The molecule has 0 unspecified atom stereocenters. The lowest BCUT2D eigenvalue weighted by atomic mass is 9.95. The zero-order chi connectivity index (χ0) is 33.2. The van der Waals surface area contributed by atoms with Crippen LogP contribution in [0.25, 0.3) is 33.4 Å². The predicted octanol–water partition coefficient (Wildman–Crippen LogP) is 11.5. The summed E-state index contributed by atoms with van der Waals surface area (Å²) in [5.74, 6) is -11.2. The van der Waals surface area contributed by atoms with E-state index in [2.05, 4.69) is 11.7 Å². The molecular weight excluding hydrogens is 619 g/mol. The van der Waals surface area contributed by atoms with Gasteiger partial charge in [-0.15, -0.1) is 0 Å². The molecule has 0 radical (unpaired) electrons. The molecule has 0 aromatic heterocycles. The number of alkyl halides is 2. The quantitative estimate of drug-likeness (QED) is 0.109. The minimum absolute atomic E-state index is 0.147. The van der Waals surface area contributed by atoms with E-state index in [0.29, 0.717) is 17.7 Å². The molecule has 0 aliphatic carbocycles. The molecule has 0 fully saturated rings. The number of unbranched alkanes of at least 4 members (excludes halogenated alkanes) is 2. The summed E-state index contributed by atoms with van der Waals surface area (Å²) in [6.45, 7) is 2.12. The summed E-state index contributed by atoms with van der Waals surface area (Å²) in [5.41, 5.74) is -1.57. The first kappa shape index (κ1) is 32.7. The second-order valence-corrected chi connectivity index (χ2v) is 10.7. The number of halogens is 9. The van der Waals surface area contributed by atoms with E-state index in [0.717, 1.165) is 48.9 Å². The maximum Gasteiger partial charge on any atom is 0.432 e. The molecule has 0 bridgehead atoms. The minimum Gasteiger partial charge on any atom is -0.429 e. The third-order valence-corrected chi connectivity index (χ3v) is 7.44. The minimum atomic E-state index is -4.72. The van der Waals surface area contributed by atoms with Crippen molar-refractivity contribution >= 4 is 0 Å². The highest BCUT2D eigenvalue weighted by Crippen LogP contribution is 2.39. The fourth-order valence-electron chi connectivity index (χ4n) is 5.11. The topological polar surface area (TPSA) is 9.23 Å². The van der Waals surface area contributed by atoms with Crippen LogP contribution in [0.1, 0.15) is 37.3 Å². The summed E-state index contributed by atoms with van der Waals surface area (Å²) < 4.78 is 135. The number of rotatable bonds is 10. The van der Waals surface area contributed by atoms with Gasteiger partial charge in [-0.05, 0) is 83.1 Å². The molecule has 0 atom stereocenters. The van der Waals surface area contributed by atoms with Gasteiger partial charge < -0.3 is 4.74 Å². The molecule has 1 nitrogen and oxygen atoms in total. The Morgan fingerprint density at radius 2 is 1.11 bits per heavy atom. The van der Waals surface area contributed by atoms with E-state index in [9.17, 15) is 26.3 Å². The average Bonchev–Trinajstić information content (AvgIpc) is 2.98. The van der Waals surface area contributed by atoms with Crippen molar-refractivity contribution in [1.29, 1.82) is 0 Å². The first-order chi connectivity index (χ1) is 21.9. The van der Waals surface area contributed by atoms with Crippen LogP contribution in [0.2, 0.25) is 0 Å². The molecule has 5 aromatic rings. The van der Waals surface area contributed by atoms with E-state index in [1.54, 1.807) is 6.07 Å². The Labute approximate surface area is 258 Å². The van der Waals surface area contributed by atoms with E-state index in [-0.39, 0.29) is 29.3 Å². The maximum atomic E-state index is 15.2. The van der Waals surface area contributed by atoms with Crippen molar-refractivity contribution in [2.45, 2.75) is 38.7 Å². The van der Waals surface area contributed by atoms with E-state index >= 15 is 13.2 Å². The van der Waals surface area contributed by atoms with Crippen molar-refractivity contribution in [3.8, 4) is 39.1 Å². The SMILES string of the molecule is CCCCCc1ccc(-c2ccc(-c3cc(F)c(-c4cc(F)c(C(F)(F)Oc5ccc(F)c(F)c5)c(F)c4)c(F)c3)c(F)c2)cc1. The normalized spacial score (nSPS) is 11.6. The van der Waals surface area contributed by atoms with Crippen molar-refractivity contribution in [2.75, 3.05) is 0 Å². The fraction of sp³-hybridized carbons (Fsp3) is 0.167. The highest BCUT2D eigenvalue weighted by molar-refractivity contribution is 5.75. The van der Waals surface area contributed by atoms with Crippen LogP contribution in [0.3, 0.4) is 0 Å². The van der Waals surface area contributed by atoms with E-state index < -0.39 is 69.3 Å². The maximum absolute atomic E-state index is 15.2. The first-order valence-corrected chi connectivity index (χ1v) is 14.3. The Morgan fingerprint density at radius 1 is 0.522 bits per heavy atom. The molecule has 46 heavy (non-hydrogen) atoms. The summed E-state index contributed by atoms with van der Waals surface area (Å²) in [5, 5.41) is 0. The standard InChI is InChI=1S/C36H25F9O/c1-2-3-4-5-20-6-8-21(9-7-20)22-10-12-26(28(38)14-22)23-15-30(40)34(31(41)16-23)24-17-32(42)35(33(43)18-24)36(44,45)46-25-11-13-27(37)29(39)19-25/h6-19H,2-5H2,1H3. The van der Waals surface area contributed by atoms with Crippen LogP contribution in [0.4, 0.5) is 39.5 Å². The van der Waals surface area contributed by atoms with Gasteiger partial charge in [-0.2, -0.15) is 8.78 Å². The van der Waals surface area contributed by atoms with E-state index in [4.69, 9.17) is 0 Å². The number of ether oxygens (including phenoxy) is 1. The third kappa shape index (κ3) is 6.90. The van der Waals surface area contributed by atoms with Crippen molar-refractivity contribution in [3.05, 3.63) is 137 Å². The summed E-state index contributed by atoms with van der Waals surface area (Å²) in [7, 11) is 0. The monoisotopic (exact) mass is 644 g/mol. The Bertz CT molecular complexity index is 1840. The van der Waals surface area contributed by atoms with Gasteiger partial charge in [0.15, 0.2) is 11.6 Å². The Balaban J connectivity index is 1.40. The van der Waals surface area contributed by atoms with Crippen molar-refractivity contribution in [3.63, 3.8) is 0 Å². The van der Waals surface area contributed by atoms with Gasteiger partial charge in [0.1, 0.15) is 40.4 Å². The van der Waals surface area contributed by atoms with Gasteiger partial charge in [0, 0.05) is 11.6 Å². The average molecular weight is 645 g/mol. The molecule has 0 aliphatic rings.